The van der Waals surface area contributed by atoms with Crippen molar-refractivity contribution in [1.82, 2.24) is 10.3 Å². The maximum Gasteiger partial charge on any atom is 0.328 e. The summed E-state index contributed by atoms with van der Waals surface area (Å²) in [5.41, 5.74) is 2.73. The SMILES string of the molecule is O=C(O)C=Cc1cccc(-c2cccc(N3CCCNCC3)n2)c1. The lowest BCUT2D eigenvalue weighted by Gasteiger charge is -2.21. The van der Waals surface area contributed by atoms with Gasteiger partial charge < -0.3 is 15.3 Å². The monoisotopic (exact) mass is 323 g/mol. The molecule has 0 spiro atoms. The molecule has 124 valence electrons. The Hall–Kier alpha value is -2.66. The van der Waals surface area contributed by atoms with Crippen LogP contribution < -0.4 is 10.2 Å². The van der Waals surface area contributed by atoms with E-state index in [9.17, 15) is 4.79 Å². The number of hydrogen-bond acceptors (Lipinski definition) is 4. The van der Waals surface area contributed by atoms with Gasteiger partial charge in [0.1, 0.15) is 5.82 Å². The van der Waals surface area contributed by atoms with E-state index in [-0.39, 0.29) is 0 Å². The first-order valence-corrected chi connectivity index (χ1v) is 8.16. The molecule has 0 amide bonds. The molecule has 0 unspecified atom stereocenters. The van der Waals surface area contributed by atoms with Crippen LogP contribution in [0, 0.1) is 0 Å². The number of carboxylic acid groups (broad SMARTS) is 1. The van der Waals surface area contributed by atoms with Gasteiger partial charge in [-0.05, 0) is 42.8 Å². The predicted molar refractivity (Wildman–Crippen MR) is 96.0 cm³/mol. The molecule has 2 N–H and O–H groups in total. The lowest BCUT2D eigenvalue weighted by Crippen LogP contribution is -2.28. The average Bonchev–Trinajstić information content (AvgIpc) is 2.90. The van der Waals surface area contributed by atoms with Crippen LogP contribution >= 0.6 is 0 Å². The van der Waals surface area contributed by atoms with Gasteiger partial charge in [0, 0.05) is 31.3 Å². The van der Waals surface area contributed by atoms with Gasteiger partial charge in [-0.25, -0.2) is 9.78 Å². The summed E-state index contributed by atoms with van der Waals surface area (Å²) in [6, 6.07) is 13.8. The van der Waals surface area contributed by atoms with Gasteiger partial charge in [0.15, 0.2) is 0 Å². The van der Waals surface area contributed by atoms with E-state index >= 15 is 0 Å². The molecule has 0 bridgehead atoms. The van der Waals surface area contributed by atoms with E-state index in [2.05, 4.69) is 10.2 Å². The second-order valence-corrected chi connectivity index (χ2v) is 5.77. The molecular formula is C19H21N3O2. The van der Waals surface area contributed by atoms with Crippen LogP contribution in [0.4, 0.5) is 5.82 Å². The van der Waals surface area contributed by atoms with Crippen LogP contribution in [0.5, 0.6) is 0 Å². The summed E-state index contributed by atoms with van der Waals surface area (Å²) < 4.78 is 0. The van der Waals surface area contributed by atoms with Crippen molar-refractivity contribution in [2.24, 2.45) is 0 Å². The molecule has 0 saturated carbocycles. The summed E-state index contributed by atoms with van der Waals surface area (Å²) in [4.78, 5) is 17.8. The van der Waals surface area contributed by atoms with E-state index in [1.165, 1.54) is 0 Å². The Labute approximate surface area is 141 Å². The number of benzene rings is 1. The van der Waals surface area contributed by atoms with Gasteiger partial charge in [-0.15, -0.1) is 0 Å². The zero-order chi connectivity index (χ0) is 16.8. The van der Waals surface area contributed by atoms with Crippen LogP contribution in [-0.2, 0) is 4.79 Å². The Morgan fingerprint density at radius 2 is 2.04 bits per heavy atom. The minimum atomic E-state index is -0.949. The van der Waals surface area contributed by atoms with Crippen molar-refractivity contribution in [3.63, 3.8) is 0 Å². The van der Waals surface area contributed by atoms with E-state index in [1.807, 2.05) is 42.5 Å². The standard InChI is InChI=1S/C19H21N3O2/c23-19(24)9-8-15-4-1-5-16(14-15)17-6-2-7-18(21-17)22-12-3-10-20-11-13-22/h1-2,4-9,14,20H,3,10-13H2,(H,23,24). The third kappa shape index (κ3) is 4.20. The molecule has 2 heterocycles. The summed E-state index contributed by atoms with van der Waals surface area (Å²) >= 11 is 0. The molecule has 1 aliphatic rings. The van der Waals surface area contributed by atoms with Crippen molar-refractivity contribution in [2.45, 2.75) is 6.42 Å². The van der Waals surface area contributed by atoms with Gasteiger partial charge >= 0.3 is 5.97 Å². The highest BCUT2D eigenvalue weighted by Gasteiger charge is 2.11. The molecule has 1 aliphatic heterocycles. The van der Waals surface area contributed by atoms with Crippen molar-refractivity contribution < 1.29 is 9.90 Å². The molecule has 0 atom stereocenters. The van der Waals surface area contributed by atoms with Crippen LogP contribution in [-0.4, -0.2) is 42.2 Å². The summed E-state index contributed by atoms with van der Waals surface area (Å²) in [7, 11) is 0. The smallest absolute Gasteiger partial charge is 0.328 e. The third-order valence-corrected chi connectivity index (χ3v) is 4.00. The fraction of sp³-hybridized carbons (Fsp3) is 0.263. The van der Waals surface area contributed by atoms with Gasteiger partial charge in [-0.1, -0.05) is 24.3 Å². The first-order chi connectivity index (χ1) is 11.7. The number of nitrogens with zero attached hydrogens (tertiary/aromatic N) is 2. The highest BCUT2D eigenvalue weighted by atomic mass is 16.4. The maximum absolute atomic E-state index is 10.7. The Bertz CT molecular complexity index is 735. The molecule has 3 rings (SSSR count). The van der Waals surface area contributed by atoms with Crippen LogP contribution in [0.15, 0.2) is 48.5 Å². The van der Waals surface area contributed by atoms with E-state index in [4.69, 9.17) is 10.1 Å². The number of carbonyl (C=O) groups is 1. The fourth-order valence-corrected chi connectivity index (χ4v) is 2.80. The number of aliphatic carboxylic acids is 1. The topological polar surface area (TPSA) is 65.5 Å². The maximum atomic E-state index is 10.7. The number of pyridine rings is 1. The number of carboxylic acids is 1. The van der Waals surface area contributed by atoms with Crippen LogP contribution in [0.1, 0.15) is 12.0 Å². The van der Waals surface area contributed by atoms with Crippen molar-refractivity contribution in [3.05, 3.63) is 54.1 Å². The van der Waals surface area contributed by atoms with E-state index in [0.29, 0.717) is 0 Å². The second kappa shape index (κ2) is 7.75. The molecule has 2 aromatic rings. The first kappa shape index (κ1) is 16.2. The molecule has 1 saturated heterocycles. The van der Waals surface area contributed by atoms with Crippen LogP contribution in [0.2, 0.25) is 0 Å². The normalized spacial score (nSPS) is 15.4. The zero-order valence-corrected chi connectivity index (χ0v) is 13.5. The number of hydrogen-bond donors (Lipinski definition) is 2. The summed E-state index contributed by atoms with van der Waals surface area (Å²) in [6.07, 6.45) is 3.85. The van der Waals surface area contributed by atoms with Gasteiger partial charge in [-0.3, -0.25) is 0 Å². The van der Waals surface area contributed by atoms with Gasteiger partial charge in [-0.2, -0.15) is 0 Å². The van der Waals surface area contributed by atoms with Crippen molar-refractivity contribution in [3.8, 4) is 11.3 Å². The molecule has 5 heteroatoms. The third-order valence-electron chi connectivity index (χ3n) is 4.00. The quantitative estimate of drug-likeness (QED) is 0.847. The van der Waals surface area contributed by atoms with E-state index in [0.717, 1.165) is 61.3 Å². The Balaban J connectivity index is 1.85. The predicted octanol–water partition coefficient (Wildman–Crippen LogP) is 2.65. The van der Waals surface area contributed by atoms with Gasteiger partial charge in [0.2, 0.25) is 0 Å². The molecule has 5 nitrogen and oxygen atoms in total. The Kier molecular flexibility index (Phi) is 5.23. The largest absolute Gasteiger partial charge is 0.478 e. The van der Waals surface area contributed by atoms with E-state index < -0.39 is 5.97 Å². The number of rotatable bonds is 4. The lowest BCUT2D eigenvalue weighted by molar-refractivity contribution is -0.131. The summed E-state index contributed by atoms with van der Waals surface area (Å²) in [6.45, 7) is 3.98. The number of anilines is 1. The van der Waals surface area contributed by atoms with E-state index in [1.54, 1.807) is 6.08 Å². The summed E-state index contributed by atoms with van der Waals surface area (Å²) in [5, 5.41) is 12.2. The van der Waals surface area contributed by atoms with Gasteiger partial charge in [0.25, 0.3) is 0 Å². The molecule has 1 aromatic carbocycles. The highest BCUT2D eigenvalue weighted by Crippen LogP contribution is 2.22. The number of aromatic nitrogens is 1. The molecule has 1 fully saturated rings. The van der Waals surface area contributed by atoms with Crippen LogP contribution in [0.3, 0.4) is 0 Å². The zero-order valence-electron chi connectivity index (χ0n) is 13.5. The van der Waals surface area contributed by atoms with Gasteiger partial charge in [0.05, 0.1) is 5.69 Å². The molecule has 0 radical (unpaired) electrons. The van der Waals surface area contributed by atoms with Crippen molar-refractivity contribution in [1.29, 1.82) is 0 Å². The van der Waals surface area contributed by atoms with Crippen molar-refractivity contribution >= 4 is 17.9 Å². The molecular weight excluding hydrogens is 302 g/mol. The lowest BCUT2D eigenvalue weighted by atomic mass is 10.1. The summed E-state index contributed by atoms with van der Waals surface area (Å²) in [5.74, 6) is 0.0398. The van der Waals surface area contributed by atoms with Crippen molar-refractivity contribution in [2.75, 3.05) is 31.1 Å². The minimum Gasteiger partial charge on any atom is -0.478 e. The fourth-order valence-electron chi connectivity index (χ4n) is 2.80. The van der Waals surface area contributed by atoms with Crippen LogP contribution in [0.25, 0.3) is 17.3 Å². The average molecular weight is 323 g/mol. The number of nitrogens with one attached hydrogen (secondary N) is 1. The minimum absolute atomic E-state index is 0.848. The Morgan fingerprint density at radius 1 is 1.17 bits per heavy atom. The highest BCUT2D eigenvalue weighted by molar-refractivity contribution is 5.85. The molecule has 1 aromatic heterocycles. The Morgan fingerprint density at radius 3 is 2.92 bits per heavy atom. The molecule has 0 aliphatic carbocycles. The second-order valence-electron chi connectivity index (χ2n) is 5.77. The molecule has 24 heavy (non-hydrogen) atoms. The first-order valence-electron chi connectivity index (χ1n) is 8.16.